The molecule has 1 aliphatic rings. The number of nitrogens with two attached hydrogens (primary N) is 1. The van der Waals surface area contributed by atoms with Gasteiger partial charge in [-0.05, 0) is 18.1 Å². The van der Waals surface area contributed by atoms with Gasteiger partial charge in [-0.25, -0.2) is 0 Å². The van der Waals surface area contributed by atoms with Gasteiger partial charge in [0.2, 0.25) is 0 Å². The molecular weight excluding hydrogens is 172 g/mol. The van der Waals surface area contributed by atoms with E-state index in [1.807, 2.05) is 6.92 Å². The van der Waals surface area contributed by atoms with Gasteiger partial charge in [0.15, 0.2) is 0 Å². The maximum Gasteiger partial charge on any atom is 0.259 e. The van der Waals surface area contributed by atoms with Crippen molar-refractivity contribution in [2.24, 2.45) is 5.73 Å². The van der Waals surface area contributed by atoms with Gasteiger partial charge in [0.1, 0.15) is 0 Å². The van der Waals surface area contributed by atoms with Crippen LogP contribution in [0.15, 0.2) is 0 Å². The second-order valence-electron chi connectivity index (χ2n) is 2.93. The van der Waals surface area contributed by atoms with Gasteiger partial charge in [0.05, 0.1) is 4.88 Å². The number of amides is 1. The molecule has 0 aliphatic carbocycles. The van der Waals surface area contributed by atoms with E-state index in [9.17, 15) is 4.79 Å². The lowest BCUT2D eigenvalue weighted by Gasteiger charge is -1.95. The predicted molar refractivity (Wildman–Crippen MR) is 48.1 cm³/mol. The van der Waals surface area contributed by atoms with E-state index in [0.717, 1.165) is 23.5 Å². The lowest BCUT2D eigenvalue weighted by Crippen LogP contribution is -2.11. The molecule has 1 aromatic rings. The van der Waals surface area contributed by atoms with Gasteiger partial charge in [-0.3, -0.25) is 4.79 Å². The minimum Gasteiger partial charge on any atom is -0.365 e. The highest BCUT2D eigenvalue weighted by atomic mass is 32.1. The molecule has 0 spiro atoms. The van der Waals surface area contributed by atoms with E-state index in [1.165, 1.54) is 21.8 Å². The van der Waals surface area contributed by atoms with Gasteiger partial charge in [-0.2, -0.15) is 0 Å². The van der Waals surface area contributed by atoms with Gasteiger partial charge in [0.25, 0.3) is 5.91 Å². The Kier molecular flexibility index (Phi) is 1.66. The Morgan fingerprint density at radius 1 is 1.58 bits per heavy atom. The molecule has 12 heavy (non-hydrogen) atoms. The van der Waals surface area contributed by atoms with Gasteiger partial charge in [-0.1, -0.05) is 0 Å². The summed E-state index contributed by atoms with van der Waals surface area (Å²) in [6.45, 7) is 3.72. The maximum absolute atomic E-state index is 10.9. The van der Waals surface area contributed by atoms with Crippen LogP contribution in [0.3, 0.4) is 0 Å². The molecule has 3 nitrogen and oxygen atoms in total. The summed E-state index contributed by atoms with van der Waals surface area (Å²) in [6.07, 6.45) is 0. The minimum absolute atomic E-state index is 0.299. The standard InChI is InChI=1S/C8H10N2OS/c1-4-5-2-10-3-6(5)12-7(4)8(9)11/h10H,2-3H2,1H3,(H2,9,11). The third-order valence-electron chi connectivity index (χ3n) is 2.17. The number of carbonyl (C=O) groups excluding carboxylic acids is 1. The summed E-state index contributed by atoms with van der Waals surface area (Å²) in [7, 11) is 0. The van der Waals surface area contributed by atoms with Crippen LogP contribution in [-0.4, -0.2) is 5.91 Å². The van der Waals surface area contributed by atoms with Crippen LogP contribution < -0.4 is 11.1 Å². The van der Waals surface area contributed by atoms with E-state index >= 15 is 0 Å². The molecule has 0 atom stereocenters. The zero-order valence-electron chi connectivity index (χ0n) is 6.81. The van der Waals surface area contributed by atoms with Crippen molar-refractivity contribution in [2.45, 2.75) is 20.0 Å². The predicted octanol–water partition coefficient (Wildman–Crippen LogP) is 0.759. The minimum atomic E-state index is -0.299. The average molecular weight is 182 g/mol. The van der Waals surface area contributed by atoms with Crippen LogP contribution in [0.4, 0.5) is 0 Å². The van der Waals surface area contributed by atoms with Crippen molar-refractivity contribution in [3.05, 3.63) is 20.9 Å². The SMILES string of the molecule is Cc1c(C(N)=O)sc2c1CNC2. The summed E-state index contributed by atoms with van der Waals surface area (Å²) in [6, 6.07) is 0. The van der Waals surface area contributed by atoms with Crippen molar-refractivity contribution in [1.82, 2.24) is 5.32 Å². The van der Waals surface area contributed by atoms with Crippen LogP contribution in [0, 0.1) is 6.92 Å². The van der Waals surface area contributed by atoms with E-state index in [4.69, 9.17) is 5.73 Å². The number of carbonyl (C=O) groups is 1. The Bertz CT molecular complexity index is 343. The van der Waals surface area contributed by atoms with Gasteiger partial charge in [-0.15, -0.1) is 11.3 Å². The van der Waals surface area contributed by atoms with Gasteiger partial charge >= 0.3 is 0 Å². The van der Waals surface area contributed by atoms with Crippen molar-refractivity contribution in [3.8, 4) is 0 Å². The van der Waals surface area contributed by atoms with E-state index in [1.54, 1.807) is 0 Å². The van der Waals surface area contributed by atoms with Crippen molar-refractivity contribution in [2.75, 3.05) is 0 Å². The largest absolute Gasteiger partial charge is 0.365 e. The fourth-order valence-electron chi connectivity index (χ4n) is 1.52. The summed E-state index contributed by atoms with van der Waals surface area (Å²) in [5.41, 5.74) is 7.56. The molecule has 1 amide bonds. The molecule has 0 saturated carbocycles. The number of nitrogens with one attached hydrogen (secondary N) is 1. The molecule has 0 aromatic carbocycles. The summed E-state index contributed by atoms with van der Waals surface area (Å²) in [5.74, 6) is -0.299. The molecule has 0 radical (unpaired) electrons. The van der Waals surface area contributed by atoms with Crippen molar-refractivity contribution >= 4 is 17.2 Å². The van der Waals surface area contributed by atoms with Crippen LogP contribution in [0.1, 0.15) is 25.7 Å². The molecule has 0 saturated heterocycles. The highest BCUT2D eigenvalue weighted by Crippen LogP contribution is 2.30. The fraction of sp³-hybridized carbons (Fsp3) is 0.375. The number of thiophene rings is 1. The van der Waals surface area contributed by atoms with Crippen molar-refractivity contribution in [1.29, 1.82) is 0 Å². The number of rotatable bonds is 1. The number of hydrogen-bond donors (Lipinski definition) is 2. The third kappa shape index (κ3) is 0.956. The highest BCUT2D eigenvalue weighted by molar-refractivity contribution is 7.14. The zero-order valence-corrected chi connectivity index (χ0v) is 7.62. The average Bonchev–Trinajstić information content (AvgIpc) is 2.53. The van der Waals surface area contributed by atoms with Gasteiger partial charge < -0.3 is 11.1 Å². The molecule has 0 fully saturated rings. The van der Waals surface area contributed by atoms with Crippen molar-refractivity contribution in [3.63, 3.8) is 0 Å². The smallest absolute Gasteiger partial charge is 0.259 e. The summed E-state index contributed by atoms with van der Waals surface area (Å²) in [4.78, 5) is 12.9. The quantitative estimate of drug-likeness (QED) is 0.673. The second kappa shape index (κ2) is 2.57. The maximum atomic E-state index is 10.9. The summed E-state index contributed by atoms with van der Waals surface area (Å²) < 4.78 is 0. The first kappa shape index (κ1) is 7.76. The van der Waals surface area contributed by atoms with E-state index in [2.05, 4.69) is 5.32 Å². The van der Waals surface area contributed by atoms with E-state index < -0.39 is 0 Å². The zero-order chi connectivity index (χ0) is 8.72. The summed E-state index contributed by atoms with van der Waals surface area (Å²) in [5, 5.41) is 3.23. The first-order valence-electron chi connectivity index (χ1n) is 3.82. The molecule has 3 N–H and O–H groups in total. The van der Waals surface area contributed by atoms with Crippen LogP contribution in [0.2, 0.25) is 0 Å². The van der Waals surface area contributed by atoms with E-state index in [-0.39, 0.29) is 5.91 Å². The molecule has 64 valence electrons. The Balaban J connectivity index is 2.54. The first-order valence-corrected chi connectivity index (χ1v) is 4.63. The highest BCUT2D eigenvalue weighted by Gasteiger charge is 2.20. The van der Waals surface area contributed by atoms with Crippen molar-refractivity contribution < 1.29 is 4.79 Å². The fourth-order valence-corrected chi connectivity index (χ4v) is 2.66. The molecule has 2 heterocycles. The summed E-state index contributed by atoms with van der Waals surface area (Å²) >= 11 is 1.52. The number of hydrogen-bond acceptors (Lipinski definition) is 3. The molecule has 1 aliphatic heterocycles. The van der Waals surface area contributed by atoms with Gasteiger partial charge in [0, 0.05) is 18.0 Å². The van der Waals surface area contributed by atoms with Crippen LogP contribution in [0.25, 0.3) is 0 Å². The Morgan fingerprint density at radius 2 is 2.33 bits per heavy atom. The topological polar surface area (TPSA) is 55.1 Å². The number of fused-ring (bicyclic) bond motifs is 1. The second-order valence-corrected chi connectivity index (χ2v) is 4.03. The number of primary amides is 1. The van der Waals surface area contributed by atoms with Crippen LogP contribution in [0.5, 0.6) is 0 Å². The molecule has 1 aromatic heterocycles. The lowest BCUT2D eigenvalue weighted by atomic mass is 10.1. The van der Waals surface area contributed by atoms with Crippen LogP contribution >= 0.6 is 11.3 Å². The lowest BCUT2D eigenvalue weighted by molar-refractivity contribution is 0.100. The Morgan fingerprint density at radius 3 is 2.92 bits per heavy atom. The molecule has 0 unspecified atom stereocenters. The molecular formula is C8H10N2OS. The van der Waals surface area contributed by atoms with E-state index in [0.29, 0.717) is 0 Å². The molecule has 0 bridgehead atoms. The molecule has 4 heteroatoms. The Labute approximate surface area is 74.6 Å². The first-order chi connectivity index (χ1) is 5.70. The Hall–Kier alpha value is -0.870. The third-order valence-corrected chi connectivity index (χ3v) is 3.51. The monoisotopic (exact) mass is 182 g/mol. The van der Waals surface area contributed by atoms with Crippen LogP contribution in [-0.2, 0) is 13.1 Å². The normalized spacial score (nSPS) is 14.8. The molecule has 2 rings (SSSR count).